The fraction of sp³-hybridized carbons (Fsp3) is 0.182. The van der Waals surface area contributed by atoms with E-state index in [0.29, 0.717) is 27.9 Å². The molecule has 0 aliphatic rings. The molecule has 1 amide bonds. The number of nitrogens with one attached hydrogen (secondary N) is 1. The van der Waals surface area contributed by atoms with Gasteiger partial charge in [-0.1, -0.05) is 29.5 Å². The Hall–Kier alpha value is -3.79. The molecule has 32 heavy (non-hydrogen) atoms. The van der Waals surface area contributed by atoms with Crippen LogP contribution in [0.5, 0.6) is 11.5 Å². The molecule has 1 N–H and O–H groups in total. The average Bonchev–Trinajstić information content (AvgIpc) is 3.10. The zero-order chi connectivity index (χ0) is 22.7. The summed E-state index contributed by atoms with van der Waals surface area (Å²) in [5.74, 6) is 0.627. The maximum atomic E-state index is 12.7. The summed E-state index contributed by atoms with van der Waals surface area (Å²) in [6.45, 7) is 1.77. The first kappa shape index (κ1) is 21.4. The summed E-state index contributed by atoms with van der Waals surface area (Å²) in [4.78, 5) is 26.2. The number of anilines is 1. The summed E-state index contributed by atoms with van der Waals surface area (Å²) >= 11 is 1.44. The summed E-state index contributed by atoms with van der Waals surface area (Å²) in [5.41, 5.74) is 1.55. The lowest BCUT2D eigenvalue weighted by Crippen LogP contribution is -2.28. The van der Waals surface area contributed by atoms with Gasteiger partial charge in [0.05, 0.1) is 14.2 Å². The van der Waals surface area contributed by atoms with Gasteiger partial charge in [0, 0.05) is 16.6 Å². The maximum Gasteiger partial charge on any atom is 0.367 e. The monoisotopic (exact) mass is 451 g/mol. The van der Waals surface area contributed by atoms with Crippen LogP contribution < -0.4 is 20.5 Å². The van der Waals surface area contributed by atoms with E-state index < -0.39 is 11.6 Å². The van der Waals surface area contributed by atoms with Gasteiger partial charge in [-0.3, -0.25) is 4.79 Å². The summed E-state index contributed by atoms with van der Waals surface area (Å²) in [5, 5.41) is 12.0. The summed E-state index contributed by atoms with van der Waals surface area (Å²) < 4.78 is 12.7. The first-order valence-corrected chi connectivity index (χ1v) is 10.5. The number of carbonyl (C=O) groups excluding carboxylic acids is 1. The van der Waals surface area contributed by atoms with Gasteiger partial charge in [0.2, 0.25) is 5.91 Å². The minimum absolute atomic E-state index is 0.253. The smallest absolute Gasteiger partial charge is 0.367 e. The number of ether oxygens (including phenoxy) is 2. The van der Waals surface area contributed by atoms with Crippen LogP contribution in [0, 0.1) is 6.92 Å². The van der Waals surface area contributed by atoms with Gasteiger partial charge in [-0.25, -0.2) is 9.48 Å². The first-order valence-electron chi connectivity index (χ1n) is 9.70. The number of aryl methyl sites for hydroxylation is 1. The van der Waals surface area contributed by atoms with E-state index in [0.717, 1.165) is 9.58 Å². The Morgan fingerprint density at radius 2 is 1.75 bits per heavy atom. The molecule has 0 unspecified atom stereocenters. The van der Waals surface area contributed by atoms with Crippen LogP contribution in [0.4, 0.5) is 5.69 Å². The van der Waals surface area contributed by atoms with Crippen molar-refractivity contribution in [3.8, 4) is 11.5 Å². The molecule has 4 rings (SSSR count). The van der Waals surface area contributed by atoms with Gasteiger partial charge in [0.1, 0.15) is 11.6 Å². The molecule has 2 aromatic carbocycles. The number of fused-ring (bicyclic) bond motifs is 1. The van der Waals surface area contributed by atoms with E-state index >= 15 is 0 Å². The Kier molecular flexibility index (Phi) is 6.13. The SMILES string of the molecule is COc1ccc(NC(=O)Cn2nc3ccc(Sc4ccc(C)cc4)nn3c2=O)cc1OC. The van der Waals surface area contributed by atoms with Crippen molar-refractivity contribution in [2.45, 2.75) is 23.4 Å². The standard InChI is InChI=1S/C22H21N5O4S/c1-14-4-7-16(8-5-14)32-21-11-10-19-24-26(22(29)27(19)25-21)13-20(28)23-15-6-9-17(30-2)18(12-15)31-3/h4-12H,13H2,1-3H3,(H,23,28). The van der Waals surface area contributed by atoms with Crippen molar-refractivity contribution in [3.63, 3.8) is 0 Å². The van der Waals surface area contributed by atoms with Crippen LogP contribution in [0.3, 0.4) is 0 Å². The minimum Gasteiger partial charge on any atom is -0.493 e. The second-order valence-corrected chi connectivity index (χ2v) is 8.01. The van der Waals surface area contributed by atoms with Gasteiger partial charge < -0.3 is 14.8 Å². The molecule has 164 valence electrons. The largest absolute Gasteiger partial charge is 0.493 e. The van der Waals surface area contributed by atoms with Crippen LogP contribution in [0.25, 0.3) is 5.65 Å². The zero-order valence-electron chi connectivity index (χ0n) is 17.7. The molecule has 2 heterocycles. The number of amides is 1. The molecule has 0 bridgehead atoms. The third kappa shape index (κ3) is 4.59. The van der Waals surface area contributed by atoms with Gasteiger partial charge in [-0.05, 0) is 43.3 Å². The Labute approximate surface area is 188 Å². The molecule has 10 heteroatoms. The van der Waals surface area contributed by atoms with Crippen LogP contribution >= 0.6 is 11.8 Å². The van der Waals surface area contributed by atoms with Gasteiger partial charge in [0.25, 0.3) is 0 Å². The topological polar surface area (TPSA) is 99.7 Å². The first-order chi connectivity index (χ1) is 15.5. The van der Waals surface area contributed by atoms with E-state index in [1.807, 2.05) is 31.2 Å². The molecule has 4 aromatic rings. The second-order valence-electron chi connectivity index (χ2n) is 6.91. The number of hydrogen-bond donors (Lipinski definition) is 1. The van der Waals surface area contributed by atoms with Crippen molar-refractivity contribution in [1.29, 1.82) is 0 Å². The summed E-state index contributed by atoms with van der Waals surface area (Å²) in [7, 11) is 3.04. The highest BCUT2D eigenvalue weighted by Gasteiger charge is 2.14. The number of carbonyl (C=O) groups is 1. The average molecular weight is 452 g/mol. The Morgan fingerprint density at radius 1 is 1.00 bits per heavy atom. The Morgan fingerprint density at radius 3 is 2.47 bits per heavy atom. The normalized spacial score (nSPS) is 10.8. The molecule has 9 nitrogen and oxygen atoms in total. The highest BCUT2D eigenvalue weighted by molar-refractivity contribution is 7.99. The van der Waals surface area contributed by atoms with Crippen molar-refractivity contribution in [3.05, 3.63) is 70.6 Å². The molecule has 0 aliphatic heterocycles. The van der Waals surface area contributed by atoms with Crippen molar-refractivity contribution >= 4 is 29.0 Å². The van der Waals surface area contributed by atoms with Crippen LogP contribution in [-0.4, -0.2) is 39.5 Å². The number of rotatable bonds is 7. The third-order valence-corrected chi connectivity index (χ3v) is 5.55. The molecule has 0 saturated heterocycles. The Balaban J connectivity index is 1.50. The molecule has 0 atom stereocenters. The predicted molar refractivity (Wildman–Crippen MR) is 121 cm³/mol. The van der Waals surface area contributed by atoms with Crippen molar-refractivity contribution in [2.75, 3.05) is 19.5 Å². The van der Waals surface area contributed by atoms with Crippen molar-refractivity contribution in [1.82, 2.24) is 19.4 Å². The maximum absolute atomic E-state index is 12.7. The fourth-order valence-electron chi connectivity index (χ4n) is 3.03. The van der Waals surface area contributed by atoms with Gasteiger partial charge in [0.15, 0.2) is 17.1 Å². The minimum atomic E-state index is -0.492. The van der Waals surface area contributed by atoms with E-state index in [1.165, 1.54) is 36.1 Å². The molecule has 0 radical (unpaired) electrons. The van der Waals surface area contributed by atoms with Crippen LogP contribution in [-0.2, 0) is 11.3 Å². The molecular weight excluding hydrogens is 430 g/mol. The predicted octanol–water partition coefficient (Wildman–Crippen LogP) is 3.01. The molecular formula is C22H21N5O4S. The molecule has 0 spiro atoms. The van der Waals surface area contributed by atoms with Crippen LogP contribution in [0.15, 0.2) is 69.3 Å². The van der Waals surface area contributed by atoms with E-state index in [1.54, 1.807) is 30.3 Å². The van der Waals surface area contributed by atoms with Crippen LogP contribution in [0.2, 0.25) is 0 Å². The van der Waals surface area contributed by atoms with Crippen molar-refractivity contribution < 1.29 is 14.3 Å². The number of hydrogen-bond acceptors (Lipinski definition) is 7. The number of nitrogens with zero attached hydrogens (tertiary/aromatic N) is 4. The fourth-order valence-corrected chi connectivity index (χ4v) is 3.80. The summed E-state index contributed by atoms with van der Waals surface area (Å²) in [6.07, 6.45) is 0. The quantitative estimate of drug-likeness (QED) is 0.461. The lowest BCUT2D eigenvalue weighted by atomic mass is 10.2. The van der Waals surface area contributed by atoms with Gasteiger partial charge in [-0.15, -0.1) is 5.10 Å². The summed E-state index contributed by atoms with van der Waals surface area (Å²) in [6, 6.07) is 16.5. The van der Waals surface area contributed by atoms with Gasteiger partial charge in [-0.2, -0.15) is 9.61 Å². The zero-order valence-corrected chi connectivity index (χ0v) is 18.5. The van der Waals surface area contributed by atoms with Crippen LogP contribution in [0.1, 0.15) is 5.56 Å². The molecule has 0 saturated carbocycles. The van der Waals surface area contributed by atoms with Crippen molar-refractivity contribution in [2.24, 2.45) is 0 Å². The highest BCUT2D eigenvalue weighted by atomic mass is 32.2. The van der Waals surface area contributed by atoms with Gasteiger partial charge >= 0.3 is 5.69 Å². The molecule has 0 fully saturated rings. The molecule has 2 aromatic heterocycles. The number of benzene rings is 2. The van der Waals surface area contributed by atoms with E-state index in [4.69, 9.17) is 9.47 Å². The Bertz CT molecular complexity index is 1330. The van der Waals surface area contributed by atoms with E-state index in [-0.39, 0.29) is 6.54 Å². The number of methoxy groups -OCH3 is 2. The highest BCUT2D eigenvalue weighted by Crippen LogP contribution is 2.29. The second kappa shape index (κ2) is 9.15. The third-order valence-electron chi connectivity index (χ3n) is 4.62. The lowest BCUT2D eigenvalue weighted by molar-refractivity contribution is -0.117. The number of aromatic nitrogens is 4. The van der Waals surface area contributed by atoms with E-state index in [9.17, 15) is 9.59 Å². The van der Waals surface area contributed by atoms with E-state index in [2.05, 4.69) is 15.5 Å². The molecule has 0 aliphatic carbocycles. The lowest BCUT2D eigenvalue weighted by Gasteiger charge is -2.10.